The maximum Gasteiger partial charge on any atom is 0.328 e. The first-order chi connectivity index (χ1) is 10.0. The first-order valence-electron chi connectivity index (χ1n) is 6.63. The number of non-ortho nitro benzene ring substituents is 1. The number of nitro benzene ring substituents is 1. The second-order valence-corrected chi connectivity index (χ2v) is 4.87. The summed E-state index contributed by atoms with van der Waals surface area (Å²) in [5, 5.41) is 10.6. The Bertz CT molecular complexity index is 555. The van der Waals surface area contributed by atoms with Crippen molar-refractivity contribution in [2.75, 3.05) is 13.7 Å². The van der Waals surface area contributed by atoms with E-state index in [1.165, 1.54) is 24.1 Å². The second-order valence-electron chi connectivity index (χ2n) is 4.87. The van der Waals surface area contributed by atoms with E-state index < -0.39 is 16.9 Å². The average molecular weight is 292 g/mol. The van der Waals surface area contributed by atoms with Crippen LogP contribution in [0.5, 0.6) is 0 Å². The van der Waals surface area contributed by atoms with Crippen molar-refractivity contribution in [1.82, 2.24) is 4.90 Å². The van der Waals surface area contributed by atoms with Crippen LogP contribution in [0.3, 0.4) is 0 Å². The molecule has 7 nitrogen and oxygen atoms in total. The van der Waals surface area contributed by atoms with Crippen molar-refractivity contribution in [2.45, 2.75) is 25.3 Å². The molecule has 112 valence electrons. The second kappa shape index (κ2) is 6.34. The molecule has 1 aromatic rings. The number of nitro groups is 1. The van der Waals surface area contributed by atoms with Gasteiger partial charge in [-0.1, -0.05) is 12.1 Å². The third kappa shape index (κ3) is 3.36. The summed E-state index contributed by atoms with van der Waals surface area (Å²) in [6.07, 6.45) is 1.50. The molecular formula is C14H16N2O5. The maximum absolute atomic E-state index is 12.2. The predicted octanol–water partition coefficient (Wildman–Crippen LogP) is 1.30. The van der Waals surface area contributed by atoms with E-state index in [0.717, 1.165) is 6.42 Å². The molecule has 1 heterocycles. The van der Waals surface area contributed by atoms with Crippen molar-refractivity contribution in [2.24, 2.45) is 0 Å². The summed E-state index contributed by atoms with van der Waals surface area (Å²) in [6, 6.07) is 5.33. The number of rotatable bonds is 4. The molecule has 1 unspecified atom stereocenters. The van der Waals surface area contributed by atoms with Crippen LogP contribution >= 0.6 is 0 Å². The molecule has 0 bridgehead atoms. The molecule has 0 radical (unpaired) electrons. The van der Waals surface area contributed by atoms with E-state index in [-0.39, 0.29) is 18.0 Å². The lowest BCUT2D eigenvalue weighted by Crippen LogP contribution is -2.41. The zero-order valence-corrected chi connectivity index (χ0v) is 11.7. The van der Waals surface area contributed by atoms with E-state index in [9.17, 15) is 19.7 Å². The van der Waals surface area contributed by atoms with Crippen molar-refractivity contribution in [3.05, 3.63) is 39.9 Å². The van der Waals surface area contributed by atoms with Crippen LogP contribution in [0.4, 0.5) is 5.69 Å². The van der Waals surface area contributed by atoms with Gasteiger partial charge >= 0.3 is 5.97 Å². The van der Waals surface area contributed by atoms with Crippen LogP contribution in [0.15, 0.2) is 24.3 Å². The third-order valence-corrected chi connectivity index (χ3v) is 3.55. The zero-order valence-electron chi connectivity index (χ0n) is 11.7. The molecule has 1 atom stereocenters. The number of hydrogen-bond donors (Lipinski definition) is 0. The van der Waals surface area contributed by atoms with Gasteiger partial charge in [-0.25, -0.2) is 4.79 Å². The van der Waals surface area contributed by atoms with Crippen LogP contribution in [-0.2, 0) is 20.7 Å². The van der Waals surface area contributed by atoms with Gasteiger partial charge in [-0.05, 0) is 18.4 Å². The molecule has 0 aromatic heterocycles. The van der Waals surface area contributed by atoms with Gasteiger partial charge in [-0.2, -0.15) is 0 Å². The highest BCUT2D eigenvalue weighted by molar-refractivity contribution is 5.86. The Labute approximate surface area is 121 Å². The number of hydrogen-bond acceptors (Lipinski definition) is 5. The first-order valence-corrected chi connectivity index (χ1v) is 6.63. The minimum absolute atomic E-state index is 0.0141. The normalized spacial score (nSPS) is 17.6. The molecule has 2 rings (SSSR count). The summed E-state index contributed by atoms with van der Waals surface area (Å²) < 4.78 is 4.70. The predicted molar refractivity (Wildman–Crippen MR) is 73.6 cm³/mol. The third-order valence-electron chi connectivity index (χ3n) is 3.55. The van der Waals surface area contributed by atoms with Crippen LogP contribution < -0.4 is 0 Å². The molecule has 0 N–H and O–H groups in total. The topological polar surface area (TPSA) is 89.8 Å². The summed E-state index contributed by atoms with van der Waals surface area (Å²) in [7, 11) is 1.31. The highest BCUT2D eigenvalue weighted by Gasteiger charge is 2.34. The summed E-state index contributed by atoms with van der Waals surface area (Å²) in [5.41, 5.74) is 0.668. The number of carbonyl (C=O) groups excluding carboxylic acids is 2. The van der Waals surface area contributed by atoms with Gasteiger partial charge < -0.3 is 9.64 Å². The number of benzene rings is 1. The van der Waals surface area contributed by atoms with Crippen LogP contribution in [-0.4, -0.2) is 41.4 Å². The molecule has 1 amide bonds. The van der Waals surface area contributed by atoms with Gasteiger partial charge in [-0.3, -0.25) is 14.9 Å². The van der Waals surface area contributed by atoms with Gasteiger partial charge in [0.2, 0.25) is 5.91 Å². The fourth-order valence-corrected chi connectivity index (χ4v) is 2.46. The highest BCUT2D eigenvalue weighted by atomic mass is 16.6. The van der Waals surface area contributed by atoms with E-state index in [2.05, 4.69) is 0 Å². The number of carbonyl (C=O) groups is 2. The minimum Gasteiger partial charge on any atom is -0.467 e. The molecule has 1 aliphatic rings. The maximum atomic E-state index is 12.2. The summed E-state index contributed by atoms with van der Waals surface area (Å²) in [5.74, 6) is -0.568. The molecule has 0 aliphatic carbocycles. The fraction of sp³-hybridized carbons (Fsp3) is 0.429. The Morgan fingerprint density at radius 2 is 2.05 bits per heavy atom. The van der Waals surface area contributed by atoms with Crippen LogP contribution in [0.2, 0.25) is 0 Å². The van der Waals surface area contributed by atoms with E-state index in [4.69, 9.17) is 4.74 Å². The standard InChI is InChI=1S/C14H16N2O5/c1-21-14(18)12-3-2-8-15(12)13(17)9-10-4-6-11(7-5-10)16(19)20/h4-7,12H,2-3,8-9H2,1H3. The summed E-state index contributed by atoms with van der Waals surface area (Å²) in [4.78, 5) is 35.5. The van der Waals surface area contributed by atoms with Gasteiger partial charge in [0.05, 0.1) is 18.5 Å². The SMILES string of the molecule is COC(=O)C1CCCN1C(=O)Cc1ccc([N+](=O)[O-])cc1. The van der Waals surface area contributed by atoms with Gasteiger partial charge in [0.15, 0.2) is 0 Å². The van der Waals surface area contributed by atoms with Crippen molar-refractivity contribution >= 4 is 17.6 Å². The molecular weight excluding hydrogens is 276 g/mol. The Morgan fingerprint density at radius 3 is 2.62 bits per heavy atom. The molecule has 1 aromatic carbocycles. The lowest BCUT2D eigenvalue weighted by molar-refractivity contribution is -0.384. The van der Waals surface area contributed by atoms with Crippen molar-refractivity contribution in [1.29, 1.82) is 0 Å². The fourth-order valence-electron chi connectivity index (χ4n) is 2.46. The average Bonchev–Trinajstić information content (AvgIpc) is 2.96. The van der Waals surface area contributed by atoms with E-state index >= 15 is 0 Å². The number of amides is 1. The quantitative estimate of drug-likeness (QED) is 0.474. The lowest BCUT2D eigenvalue weighted by Gasteiger charge is -2.22. The number of likely N-dealkylation sites (tertiary alicyclic amines) is 1. The zero-order chi connectivity index (χ0) is 15.4. The van der Waals surface area contributed by atoms with Crippen molar-refractivity contribution < 1.29 is 19.2 Å². The number of nitrogens with zero attached hydrogens (tertiary/aromatic N) is 2. The number of methoxy groups -OCH3 is 1. The molecule has 0 spiro atoms. The molecule has 21 heavy (non-hydrogen) atoms. The molecule has 0 saturated carbocycles. The Morgan fingerprint density at radius 1 is 1.38 bits per heavy atom. The Hall–Kier alpha value is -2.44. The first kappa shape index (κ1) is 15.0. The van der Waals surface area contributed by atoms with Crippen molar-refractivity contribution in [3.63, 3.8) is 0 Å². The Kier molecular flexibility index (Phi) is 4.52. The Balaban J connectivity index is 2.03. The van der Waals surface area contributed by atoms with E-state index in [1.54, 1.807) is 12.1 Å². The van der Waals surface area contributed by atoms with Crippen LogP contribution in [0.25, 0.3) is 0 Å². The lowest BCUT2D eigenvalue weighted by atomic mass is 10.1. The monoisotopic (exact) mass is 292 g/mol. The summed E-state index contributed by atoms with van der Waals surface area (Å²) >= 11 is 0. The van der Waals surface area contributed by atoms with E-state index in [0.29, 0.717) is 18.5 Å². The van der Waals surface area contributed by atoms with Gasteiger partial charge in [0.25, 0.3) is 5.69 Å². The number of esters is 1. The van der Waals surface area contributed by atoms with E-state index in [1.807, 2.05) is 0 Å². The molecule has 7 heteroatoms. The molecule has 1 saturated heterocycles. The number of ether oxygens (including phenoxy) is 1. The minimum atomic E-state index is -0.513. The van der Waals surface area contributed by atoms with Crippen LogP contribution in [0.1, 0.15) is 18.4 Å². The molecule has 1 fully saturated rings. The van der Waals surface area contributed by atoms with Crippen LogP contribution in [0, 0.1) is 10.1 Å². The highest BCUT2D eigenvalue weighted by Crippen LogP contribution is 2.20. The van der Waals surface area contributed by atoms with Gasteiger partial charge in [-0.15, -0.1) is 0 Å². The smallest absolute Gasteiger partial charge is 0.328 e. The largest absolute Gasteiger partial charge is 0.467 e. The summed E-state index contributed by atoms with van der Waals surface area (Å²) in [6.45, 7) is 0.533. The molecule has 1 aliphatic heterocycles. The van der Waals surface area contributed by atoms with Gasteiger partial charge in [0, 0.05) is 18.7 Å². The van der Waals surface area contributed by atoms with Crippen molar-refractivity contribution in [3.8, 4) is 0 Å². The van der Waals surface area contributed by atoms with Gasteiger partial charge in [0.1, 0.15) is 6.04 Å².